The molecule has 0 unspecified atom stereocenters. The van der Waals surface area contributed by atoms with Crippen molar-refractivity contribution >= 4 is 27.5 Å². The SMILES string of the molecule is Cc1ccc(S(=O)(=O)OCC2CCC(C(=O)Nc3ncccc3CCN3CCN(c4ccccc4O)CC3)CC2)cc1. The summed E-state index contributed by atoms with van der Waals surface area (Å²) in [5, 5.41) is 13.2. The van der Waals surface area contributed by atoms with E-state index in [1.807, 2.05) is 37.3 Å². The van der Waals surface area contributed by atoms with E-state index in [0.717, 1.165) is 68.8 Å². The number of amides is 1. The minimum Gasteiger partial charge on any atom is -0.506 e. The molecule has 1 aliphatic heterocycles. The predicted octanol–water partition coefficient (Wildman–Crippen LogP) is 4.61. The standard InChI is InChI=1S/C32H40N4O5S/c1-24-8-14-28(15-9-24)42(39,40)41-23-25-10-12-27(13-11-25)32(38)34-31-26(5-4-17-33-31)16-18-35-19-21-36(22-20-35)29-6-2-3-7-30(29)37/h2-9,14-15,17,25,27,37H,10-13,16,18-23H2,1H3,(H,33,34,38). The summed E-state index contributed by atoms with van der Waals surface area (Å²) in [5.74, 6) is 0.871. The van der Waals surface area contributed by atoms with Crippen LogP contribution in [0.3, 0.4) is 0 Å². The molecular formula is C32H40N4O5S. The lowest BCUT2D eigenvalue weighted by molar-refractivity contribution is -0.121. The largest absolute Gasteiger partial charge is 0.506 e. The molecule has 10 heteroatoms. The number of aromatic nitrogens is 1. The number of nitrogens with zero attached hydrogens (tertiary/aromatic N) is 3. The molecule has 2 aromatic carbocycles. The lowest BCUT2D eigenvalue weighted by atomic mass is 9.82. The van der Waals surface area contributed by atoms with Crippen LogP contribution in [0.4, 0.5) is 11.5 Å². The average molecular weight is 593 g/mol. The monoisotopic (exact) mass is 592 g/mol. The molecule has 9 nitrogen and oxygen atoms in total. The number of anilines is 2. The number of rotatable bonds is 10. The van der Waals surface area contributed by atoms with E-state index in [-0.39, 0.29) is 29.2 Å². The topological polar surface area (TPSA) is 112 Å². The molecular weight excluding hydrogens is 552 g/mol. The van der Waals surface area contributed by atoms with Gasteiger partial charge >= 0.3 is 0 Å². The average Bonchev–Trinajstić information content (AvgIpc) is 3.01. The van der Waals surface area contributed by atoms with Crippen molar-refractivity contribution in [1.82, 2.24) is 9.88 Å². The highest BCUT2D eigenvalue weighted by Gasteiger charge is 2.29. The van der Waals surface area contributed by atoms with E-state index in [1.165, 1.54) is 0 Å². The fraction of sp³-hybridized carbons (Fsp3) is 0.438. The van der Waals surface area contributed by atoms with Crippen LogP contribution in [0, 0.1) is 18.8 Å². The quantitative estimate of drug-likeness (QED) is 0.329. The molecule has 1 amide bonds. The summed E-state index contributed by atoms with van der Waals surface area (Å²) >= 11 is 0. The number of aromatic hydroxyl groups is 1. The second kappa shape index (κ2) is 13.7. The van der Waals surface area contributed by atoms with Gasteiger partial charge in [0.1, 0.15) is 11.6 Å². The molecule has 1 aliphatic carbocycles. The summed E-state index contributed by atoms with van der Waals surface area (Å²) in [5.41, 5.74) is 2.88. The molecule has 2 aliphatic rings. The highest BCUT2D eigenvalue weighted by atomic mass is 32.2. The Kier molecular flexibility index (Phi) is 9.76. The molecule has 0 atom stereocenters. The van der Waals surface area contributed by atoms with E-state index in [2.05, 4.69) is 20.1 Å². The number of carbonyl (C=O) groups is 1. The maximum absolute atomic E-state index is 13.1. The fourth-order valence-electron chi connectivity index (χ4n) is 5.74. The minimum absolute atomic E-state index is 0.0297. The van der Waals surface area contributed by atoms with Crippen molar-refractivity contribution in [3.63, 3.8) is 0 Å². The number of carbonyl (C=O) groups excluding carboxylic acids is 1. The maximum Gasteiger partial charge on any atom is 0.296 e. The van der Waals surface area contributed by atoms with Gasteiger partial charge in [-0.1, -0.05) is 35.9 Å². The molecule has 0 bridgehead atoms. The van der Waals surface area contributed by atoms with Crippen LogP contribution in [0.1, 0.15) is 36.8 Å². The van der Waals surface area contributed by atoms with Gasteiger partial charge in [0.25, 0.3) is 10.1 Å². The number of aryl methyl sites for hydroxylation is 1. The first-order chi connectivity index (χ1) is 20.3. The molecule has 0 radical (unpaired) electrons. The first-order valence-electron chi connectivity index (χ1n) is 14.7. The molecule has 3 aromatic rings. The van der Waals surface area contributed by atoms with Gasteiger partial charge in [0.05, 0.1) is 17.2 Å². The van der Waals surface area contributed by atoms with Crippen LogP contribution in [-0.2, 0) is 25.5 Å². The van der Waals surface area contributed by atoms with Gasteiger partial charge in [0.15, 0.2) is 0 Å². The van der Waals surface area contributed by atoms with Crippen LogP contribution in [0.5, 0.6) is 5.75 Å². The maximum atomic E-state index is 13.1. The second-order valence-electron chi connectivity index (χ2n) is 11.3. The Bertz CT molecular complexity index is 1450. The molecule has 2 N–H and O–H groups in total. The van der Waals surface area contributed by atoms with Gasteiger partial charge in [-0.15, -0.1) is 0 Å². The Morgan fingerprint density at radius 1 is 0.976 bits per heavy atom. The number of piperazine rings is 1. The summed E-state index contributed by atoms with van der Waals surface area (Å²) in [7, 11) is -3.79. The Labute approximate surface area is 248 Å². The normalized spacial score (nSPS) is 19.9. The van der Waals surface area contributed by atoms with Gasteiger partial charge in [-0.2, -0.15) is 8.42 Å². The summed E-state index contributed by atoms with van der Waals surface area (Å²) in [6, 6.07) is 18.0. The van der Waals surface area contributed by atoms with Crippen molar-refractivity contribution in [2.24, 2.45) is 11.8 Å². The molecule has 1 saturated heterocycles. The second-order valence-corrected chi connectivity index (χ2v) is 13.0. The van der Waals surface area contributed by atoms with Crippen molar-refractivity contribution < 1.29 is 22.5 Å². The lowest BCUT2D eigenvalue weighted by Gasteiger charge is -2.36. The van der Waals surface area contributed by atoms with Crippen LogP contribution >= 0.6 is 0 Å². The molecule has 1 aromatic heterocycles. The number of nitrogens with one attached hydrogen (secondary N) is 1. The molecule has 42 heavy (non-hydrogen) atoms. The van der Waals surface area contributed by atoms with Crippen LogP contribution in [0.2, 0.25) is 0 Å². The van der Waals surface area contributed by atoms with Gasteiger partial charge < -0.3 is 15.3 Å². The number of para-hydroxylation sites is 2. The van der Waals surface area contributed by atoms with Crippen LogP contribution in [0.15, 0.2) is 71.8 Å². The van der Waals surface area contributed by atoms with Crippen molar-refractivity contribution in [3.8, 4) is 5.75 Å². The van der Waals surface area contributed by atoms with Gasteiger partial charge in [-0.05, 0) is 80.8 Å². The van der Waals surface area contributed by atoms with E-state index in [0.29, 0.717) is 24.4 Å². The number of phenols is 1. The van der Waals surface area contributed by atoms with E-state index in [4.69, 9.17) is 4.18 Å². The van der Waals surface area contributed by atoms with Crippen molar-refractivity contribution in [2.75, 3.05) is 49.5 Å². The third-order valence-corrected chi connectivity index (χ3v) is 9.71. The zero-order chi connectivity index (χ0) is 29.5. The number of benzene rings is 2. The van der Waals surface area contributed by atoms with E-state index in [9.17, 15) is 18.3 Å². The summed E-state index contributed by atoms with van der Waals surface area (Å²) in [4.78, 5) is 22.4. The molecule has 2 fully saturated rings. The summed E-state index contributed by atoms with van der Waals surface area (Å²) in [6.45, 7) is 6.39. The lowest BCUT2D eigenvalue weighted by Crippen LogP contribution is -2.47. The number of hydrogen-bond donors (Lipinski definition) is 2. The van der Waals surface area contributed by atoms with Crippen molar-refractivity contribution in [3.05, 3.63) is 78.0 Å². The van der Waals surface area contributed by atoms with Crippen LogP contribution < -0.4 is 10.2 Å². The minimum atomic E-state index is -3.79. The molecule has 1 saturated carbocycles. The van der Waals surface area contributed by atoms with Crippen molar-refractivity contribution in [1.29, 1.82) is 0 Å². The van der Waals surface area contributed by atoms with Gasteiger partial charge in [0, 0.05) is 44.8 Å². The Balaban J connectivity index is 1.06. The number of phenolic OH excluding ortho intramolecular Hbond substituents is 1. The number of hydrogen-bond acceptors (Lipinski definition) is 8. The zero-order valence-corrected chi connectivity index (χ0v) is 24.9. The molecule has 224 valence electrons. The third-order valence-electron chi connectivity index (χ3n) is 8.41. The Hall–Kier alpha value is -3.47. The van der Waals surface area contributed by atoms with E-state index < -0.39 is 10.1 Å². The fourth-order valence-corrected chi connectivity index (χ4v) is 6.72. The van der Waals surface area contributed by atoms with Crippen LogP contribution in [0.25, 0.3) is 0 Å². The van der Waals surface area contributed by atoms with Crippen molar-refractivity contribution in [2.45, 2.75) is 43.9 Å². The smallest absolute Gasteiger partial charge is 0.296 e. The molecule has 0 spiro atoms. The van der Waals surface area contributed by atoms with Gasteiger partial charge in [0.2, 0.25) is 5.91 Å². The first kappa shape index (κ1) is 30.0. The summed E-state index contributed by atoms with van der Waals surface area (Å²) in [6.07, 6.45) is 5.33. The van der Waals surface area contributed by atoms with Crippen LogP contribution in [-0.4, -0.2) is 68.6 Å². The predicted molar refractivity (Wildman–Crippen MR) is 163 cm³/mol. The Morgan fingerprint density at radius 2 is 1.69 bits per heavy atom. The van der Waals surface area contributed by atoms with Gasteiger partial charge in [-0.3, -0.25) is 13.9 Å². The zero-order valence-electron chi connectivity index (χ0n) is 24.1. The molecule has 5 rings (SSSR count). The Morgan fingerprint density at radius 3 is 2.40 bits per heavy atom. The first-order valence-corrected chi connectivity index (χ1v) is 16.2. The van der Waals surface area contributed by atoms with E-state index >= 15 is 0 Å². The number of pyridine rings is 1. The van der Waals surface area contributed by atoms with E-state index in [1.54, 1.807) is 36.5 Å². The third kappa shape index (κ3) is 7.67. The molecule has 2 heterocycles. The van der Waals surface area contributed by atoms with Gasteiger partial charge in [-0.25, -0.2) is 4.98 Å². The highest BCUT2D eigenvalue weighted by molar-refractivity contribution is 7.86. The highest BCUT2D eigenvalue weighted by Crippen LogP contribution is 2.31. The summed E-state index contributed by atoms with van der Waals surface area (Å²) < 4.78 is 30.4.